The molecule has 0 bridgehead atoms. The van der Waals surface area contributed by atoms with E-state index in [1.807, 2.05) is 24.3 Å². The van der Waals surface area contributed by atoms with Crippen LogP contribution in [0.25, 0.3) is 21.9 Å². The van der Waals surface area contributed by atoms with Crippen molar-refractivity contribution in [2.75, 3.05) is 26.0 Å². The van der Waals surface area contributed by atoms with E-state index in [1.165, 1.54) is 0 Å². The lowest BCUT2D eigenvalue weighted by Gasteiger charge is -2.11. The van der Waals surface area contributed by atoms with Gasteiger partial charge in [-0.25, -0.2) is 18.9 Å². The molecule has 0 aliphatic heterocycles. The van der Waals surface area contributed by atoms with Gasteiger partial charge in [0.1, 0.15) is 27.2 Å². The molecule has 0 radical (unpaired) electrons. The molecule has 0 spiro atoms. The zero-order chi connectivity index (χ0) is 25.9. The molecule has 192 valence electrons. The molecular weight excluding hydrogens is 495 g/mol. The zero-order valence-corrected chi connectivity index (χ0v) is 20.4. The lowest BCUT2D eigenvalue weighted by atomic mass is 10.2. The van der Waals surface area contributed by atoms with Crippen LogP contribution in [0, 0.1) is 0 Å². The van der Waals surface area contributed by atoms with Crippen molar-refractivity contribution in [1.82, 2.24) is 19.3 Å². The highest BCUT2D eigenvalue weighted by atomic mass is 32.2. The van der Waals surface area contributed by atoms with Gasteiger partial charge in [0.15, 0.2) is 5.82 Å². The van der Waals surface area contributed by atoms with Crippen molar-refractivity contribution in [1.29, 1.82) is 0 Å². The number of rotatable bonds is 10. The predicted molar refractivity (Wildman–Crippen MR) is 133 cm³/mol. The normalized spacial score (nSPS) is 13.0. The first-order valence-electron chi connectivity index (χ1n) is 11.3. The summed E-state index contributed by atoms with van der Waals surface area (Å²) >= 11 is 0. The van der Waals surface area contributed by atoms with Crippen LogP contribution >= 0.6 is 0 Å². The fourth-order valence-corrected chi connectivity index (χ4v) is 4.97. The highest BCUT2D eigenvalue weighted by Crippen LogP contribution is 2.33. The first-order valence-corrected chi connectivity index (χ1v) is 12.5. The van der Waals surface area contributed by atoms with Crippen molar-refractivity contribution in [3.8, 4) is 5.75 Å². The molecule has 2 aromatic heterocycles. The van der Waals surface area contributed by atoms with Crippen LogP contribution in [-0.4, -0.2) is 44.1 Å². The van der Waals surface area contributed by atoms with E-state index in [2.05, 4.69) is 14.3 Å². The van der Waals surface area contributed by atoms with E-state index in [0.717, 1.165) is 34.4 Å². The van der Waals surface area contributed by atoms with Crippen molar-refractivity contribution in [2.24, 2.45) is 0 Å². The first-order chi connectivity index (χ1) is 17.2. The van der Waals surface area contributed by atoms with Gasteiger partial charge in [-0.2, -0.15) is 13.2 Å². The number of nitrogens with zero attached hydrogens (tertiary/aromatic N) is 3. The highest BCUT2D eigenvalue weighted by molar-refractivity contribution is 7.83. The number of ether oxygens (including phenoxy) is 1. The molecule has 0 saturated heterocycles. The molecule has 36 heavy (non-hydrogen) atoms. The van der Waals surface area contributed by atoms with E-state index in [1.54, 1.807) is 7.11 Å². The van der Waals surface area contributed by atoms with E-state index in [9.17, 15) is 17.4 Å². The molecule has 0 aliphatic carbocycles. The van der Waals surface area contributed by atoms with Crippen molar-refractivity contribution < 1.29 is 27.2 Å². The topological polar surface area (TPSA) is 118 Å². The van der Waals surface area contributed by atoms with Gasteiger partial charge in [-0.15, -0.1) is 0 Å². The number of nitrogens with one attached hydrogen (secondary N) is 1. The van der Waals surface area contributed by atoms with Gasteiger partial charge in [0.2, 0.25) is 0 Å². The number of nitrogens with two attached hydrogens (primary N) is 1. The number of para-hydroxylation sites is 1. The highest BCUT2D eigenvalue weighted by Gasteiger charge is 2.32. The summed E-state index contributed by atoms with van der Waals surface area (Å²) < 4.78 is 61.1. The van der Waals surface area contributed by atoms with E-state index >= 15 is 0 Å². The summed E-state index contributed by atoms with van der Waals surface area (Å²) in [7, 11) is -0.160. The molecule has 2 heterocycles. The number of methoxy groups -OCH3 is 1. The second-order valence-electron chi connectivity index (χ2n) is 8.21. The Kier molecular flexibility index (Phi) is 7.76. The SMILES string of the molecule is COCCc1nc2c(N)nc3ccccc3c2n1CCCCNS(=O)c1ccc(C(F)(F)F)cc1[OH2+]. The molecule has 12 heteroatoms. The van der Waals surface area contributed by atoms with Gasteiger partial charge in [0, 0.05) is 38.1 Å². The van der Waals surface area contributed by atoms with Crippen LogP contribution in [0.3, 0.4) is 0 Å². The molecule has 4 rings (SSSR count). The molecule has 0 aliphatic rings. The van der Waals surface area contributed by atoms with Crippen molar-refractivity contribution >= 4 is 38.7 Å². The van der Waals surface area contributed by atoms with Gasteiger partial charge in [-0.05, 0) is 31.0 Å². The molecule has 0 amide bonds. The molecule has 1 atom stereocenters. The number of benzene rings is 2. The number of fused-ring (bicyclic) bond motifs is 3. The van der Waals surface area contributed by atoms with Gasteiger partial charge in [0.05, 0.1) is 23.2 Å². The monoisotopic (exact) mass is 522 g/mol. The summed E-state index contributed by atoms with van der Waals surface area (Å²) in [6.45, 7) is 1.48. The number of nitrogen functional groups attached to an aromatic ring is 1. The maximum Gasteiger partial charge on any atom is 0.416 e. The standard InChI is InChI=1S/C24H26F3N5O3S/c1-35-13-10-20-31-21-22(16-6-2-3-7-17(16)30-23(21)28)32(20)12-5-4-11-29-36(34)19-9-8-15(14-18(19)33)24(25,26)27/h2-3,6-9,14,29,33H,4-5,10-13H2,1H3,(H2,28,30)/p+1. The fraction of sp³-hybridized carbons (Fsp3) is 0.333. The second-order valence-corrected chi connectivity index (χ2v) is 9.48. The van der Waals surface area contributed by atoms with Crippen LogP contribution < -0.4 is 10.5 Å². The van der Waals surface area contributed by atoms with Crippen molar-refractivity contribution in [2.45, 2.75) is 36.9 Å². The van der Waals surface area contributed by atoms with Crippen LogP contribution in [0.4, 0.5) is 19.0 Å². The van der Waals surface area contributed by atoms with Gasteiger partial charge in [-0.3, -0.25) is 0 Å². The Morgan fingerprint density at radius 1 is 1.17 bits per heavy atom. The minimum Gasteiger partial charge on any atom is -0.592 e. The van der Waals surface area contributed by atoms with Crippen LogP contribution in [0.2, 0.25) is 0 Å². The first kappa shape index (κ1) is 25.9. The summed E-state index contributed by atoms with van der Waals surface area (Å²) in [6, 6.07) is 10.3. The Balaban J connectivity index is 1.45. The van der Waals surface area contributed by atoms with E-state index < -0.39 is 28.5 Å². The lowest BCUT2D eigenvalue weighted by molar-refractivity contribution is -0.137. The van der Waals surface area contributed by atoms with Gasteiger partial charge in [0.25, 0.3) is 5.75 Å². The van der Waals surface area contributed by atoms with Crippen molar-refractivity contribution in [3.05, 3.63) is 53.9 Å². The third-order valence-corrected chi connectivity index (χ3v) is 6.99. The van der Waals surface area contributed by atoms with Gasteiger partial charge in [-0.1, -0.05) is 18.2 Å². The quantitative estimate of drug-likeness (QED) is 0.242. The summed E-state index contributed by atoms with van der Waals surface area (Å²) in [5.74, 6) is 0.777. The van der Waals surface area contributed by atoms with Crippen LogP contribution in [0.15, 0.2) is 47.4 Å². The summed E-state index contributed by atoms with van der Waals surface area (Å²) in [4.78, 5) is 9.22. The van der Waals surface area contributed by atoms with E-state index in [-0.39, 0.29) is 4.90 Å². The Hall–Kier alpha value is -3.22. The largest absolute Gasteiger partial charge is 0.592 e. The second kappa shape index (κ2) is 10.8. The van der Waals surface area contributed by atoms with E-state index in [4.69, 9.17) is 20.6 Å². The number of imidazole rings is 1. The number of alkyl halides is 3. The molecule has 0 fully saturated rings. The number of hydrogen-bond acceptors (Lipinski definition) is 5. The number of unbranched alkanes of at least 4 members (excludes halogenated alkanes) is 1. The van der Waals surface area contributed by atoms with Gasteiger partial charge >= 0.3 is 6.18 Å². The molecule has 4 aromatic rings. The molecule has 2 aromatic carbocycles. The number of aromatic nitrogens is 3. The minimum atomic E-state index is -4.55. The third kappa shape index (κ3) is 5.45. The Labute approximate surface area is 207 Å². The molecule has 5 N–H and O–H groups in total. The molecule has 8 nitrogen and oxygen atoms in total. The average Bonchev–Trinajstić information content (AvgIpc) is 3.21. The number of aryl methyl sites for hydroxylation is 1. The zero-order valence-electron chi connectivity index (χ0n) is 19.6. The molecule has 1 unspecified atom stereocenters. The number of halogens is 3. The number of pyridine rings is 1. The Bertz CT molecular complexity index is 1410. The van der Waals surface area contributed by atoms with Crippen molar-refractivity contribution in [3.63, 3.8) is 0 Å². The van der Waals surface area contributed by atoms with E-state index in [0.29, 0.717) is 56.4 Å². The maximum atomic E-state index is 12.8. The summed E-state index contributed by atoms with van der Waals surface area (Å²) in [6.07, 6.45) is -2.59. The van der Waals surface area contributed by atoms with Crippen LogP contribution in [0.1, 0.15) is 24.2 Å². The summed E-state index contributed by atoms with van der Waals surface area (Å²) in [5, 5.41) is 8.75. The van der Waals surface area contributed by atoms with Crippen LogP contribution in [0.5, 0.6) is 5.75 Å². The average molecular weight is 523 g/mol. The van der Waals surface area contributed by atoms with Crippen LogP contribution in [-0.2, 0) is 34.9 Å². The van der Waals surface area contributed by atoms with Gasteiger partial charge < -0.3 is 20.1 Å². The smallest absolute Gasteiger partial charge is 0.416 e. The Morgan fingerprint density at radius 3 is 2.67 bits per heavy atom. The molecule has 0 saturated carbocycles. The Morgan fingerprint density at radius 2 is 1.94 bits per heavy atom. The molecular formula is C24H27F3N5O3S+. The maximum absolute atomic E-state index is 12.8. The lowest BCUT2D eigenvalue weighted by Crippen LogP contribution is -2.19. The predicted octanol–water partition coefficient (Wildman–Crippen LogP) is 3.90. The minimum absolute atomic E-state index is 0.0138. The number of hydrogen-bond donors (Lipinski definition) is 2. The fourth-order valence-electron chi connectivity index (χ4n) is 4.04. The number of anilines is 1. The third-order valence-electron chi connectivity index (χ3n) is 5.77. The summed E-state index contributed by atoms with van der Waals surface area (Å²) in [5.41, 5.74) is 7.60.